The Morgan fingerprint density at radius 2 is 1.68 bits per heavy atom. The Bertz CT molecular complexity index is 2210. The van der Waals surface area contributed by atoms with Gasteiger partial charge in [0.15, 0.2) is 28.2 Å². The van der Waals surface area contributed by atoms with Crippen molar-refractivity contribution in [1.29, 1.82) is 0 Å². The van der Waals surface area contributed by atoms with E-state index < -0.39 is 70.7 Å². The maximum absolute atomic E-state index is 12.5. The van der Waals surface area contributed by atoms with Gasteiger partial charge in [-0.25, -0.2) is 24.1 Å². The highest BCUT2D eigenvalue weighted by atomic mass is 32.1. The van der Waals surface area contributed by atoms with Crippen LogP contribution in [0.3, 0.4) is 0 Å². The molecule has 6 heterocycles. The van der Waals surface area contributed by atoms with Crippen LogP contribution >= 0.6 is 15.6 Å². The summed E-state index contributed by atoms with van der Waals surface area (Å²) >= 11 is 10.5. The number of imidazole rings is 1. The monoisotopic (exact) mass is 734 g/mol. The van der Waals surface area contributed by atoms with E-state index in [4.69, 9.17) is 55.2 Å². The minimum Gasteiger partial charge on any atom is -0.779 e. The molecule has 0 aliphatic carbocycles. The van der Waals surface area contributed by atoms with Crippen molar-refractivity contribution < 1.29 is 52.0 Å². The van der Waals surface area contributed by atoms with Crippen molar-refractivity contribution >= 4 is 64.0 Å². The third kappa shape index (κ3) is 6.43. The summed E-state index contributed by atoms with van der Waals surface area (Å²) in [4.78, 5) is 68.5. The SMILES string of the molecule is Nc1nc2c(c(=O)[nH]1)=NC1=C([S-])C([S-])=C(COP(=O)(O)OP(=O)(O)OC[C@H]3O[C@@H](n4cnc5c(=O)[nH]c(N)nc54)[C@H](O)[C@@H]3O)O[C@H]1N=2. The molecular formula is C20H20N10O13P2S2-2. The first-order valence-electron chi connectivity index (χ1n) is 12.7. The molecule has 3 aliphatic rings. The number of nitrogens with two attached hydrogens (primary N) is 2. The van der Waals surface area contributed by atoms with Gasteiger partial charge in [0.1, 0.15) is 30.7 Å². The van der Waals surface area contributed by atoms with Crippen molar-refractivity contribution in [3.05, 3.63) is 59.1 Å². The smallest absolute Gasteiger partial charge is 0.481 e. The van der Waals surface area contributed by atoms with E-state index in [0.29, 0.717) is 0 Å². The number of phosphoric acid groups is 2. The van der Waals surface area contributed by atoms with Crippen LogP contribution in [0.2, 0.25) is 0 Å². The molecule has 0 amide bonds. The summed E-state index contributed by atoms with van der Waals surface area (Å²) in [5.74, 6) is -0.819. The van der Waals surface area contributed by atoms with E-state index in [0.717, 1.165) is 10.9 Å². The van der Waals surface area contributed by atoms with Crippen LogP contribution in [0, 0.1) is 0 Å². The number of anilines is 2. The molecular weight excluding hydrogens is 714 g/mol. The first-order valence-corrected chi connectivity index (χ1v) is 16.5. The maximum atomic E-state index is 12.5. The number of aromatic nitrogens is 6. The zero-order valence-corrected chi connectivity index (χ0v) is 26.3. The molecule has 252 valence electrons. The van der Waals surface area contributed by atoms with Crippen molar-refractivity contribution in [2.75, 3.05) is 24.7 Å². The summed E-state index contributed by atoms with van der Waals surface area (Å²) in [5, 5.41) is 20.8. The van der Waals surface area contributed by atoms with Gasteiger partial charge in [-0.2, -0.15) is 24.1 Å². The molecule has 3 aliphatic heterocycles. The number of rotatable bonds is 9. The van der Waals surface area contributed by atoms with Gasteiger partial charge in [-0.15, -0.1) is 0 Å². The highest BCUT2D eigenvalue weighted by Crippen LogP contribution is 2.60. The van der Waals surface area contributed by atoms with Crippen molar-refractivity contribution in [2.45, 2.75) is 30.8 Å². The molecule has 3 aromatic rings. The van der Waals surface area contributed by atoms with Gasteiger partial charge >= 0.3 is 15.6 Å². The number of aliphatic hydroxyl groups excluding tert-OH is 2. The number of H-pyrrole nitrogens is 2. The molecule has 27 heteroatoms. The number of hydrogen-bond acceptors (Lipinski definition) is 20. The molecule has 3 aromatic heterocycles. The van der Waals surface area contributed by atoms with Crippen LogP contribution in [0.15, 0.2) is 47.2 Å². The van der Waals surface area contributed by atoms with E-state index in [1.165, 1.54) is 0 Å². The van der Waals surface area contributed by atoms with Crippen LogP contribution in [-0.4, -0.2) is 87.2 Å². The number of hydrogen-bond donors (Lipinski definition) is 8. The fourth-order valence-corrected chi connectivity index (χ4v) is 7.01. The van der Waals surface area contributed by atoms with E-state index in [9.17, 15) is 38.7 Å². The van der Waals surface area contributed by atoms with Crippen LogP contribution in [0.1, 0.15) is 6.23 Å². The van der Waals surface area contributed by atoms with Gasteiger partial charge in [0.2, 0.25) is 18.1 Å². The summed E-state index contributed by atoms with van der Waals surface area (Å²) in [6.07, 6.45) is -6.51. The highest BCUT2D eigenvalue weighted by molar-refractivity contribution is 7.70. The number of nitrogens with zero attached hydrogens (tertiary/aromatic N) is 6. The lowest BCUT2D eigenvalue weighted by Crippen LogP contribution is -2.48. The van der Waals surface area contributed by atoms with E-state index in [1.807, 2.05) is 0 Å². The molecule has 0 radical (unpaired) electrons. The molecule has 7 atom stereocenters. The minimum absolute atomic E-state index is 0.0195. The Hall–Kier alpha value is -3.71. The Kier molecular flexibility index (Phi) is 8.53. The largest absolute Gasteiger partial charge is 0.779 e. The van der Waals surface area contributed by atoms with Gasteiger partial charge in [-0.1, -0.05) is 0 Å². The number of phosphoric ester groups is 2. The fraction of sp³-hybridized carbons (Fsp3) is 0.350. The normalized spacial score (nSPS) is 26.5. The lowest BCUT2D eigenvalue weighted by Gasteiger charge is -2.37. The molecule has 0 bridgehead atoms. The van der Waals surface area contributed by atoms with E-state index in [1.54, 1.807) is 0 Å². The molecule has 47 heavy (non-hydrogen) atoms. The lowest BCUT2D eigenvalue weighted by atomic mass is 10.1. The predicted octanol–water partition coefficient (Wildman–Crippen LogP) is -3.94. The molecule has 6 rings (SSSR count). The summed E-state index contributed by atoms with van der Waals surface area (Å²) < 4.78 is 51.1. The highest BCUT2D eigenvalue weighted by Gasteiger charge is 2.46. The van der Waals surface area contributed by atoms with Crippen molar-refractivity contribution in [2.24, 2.45) is 9.98 Å². The zero-order chi connectivity index (χ0) is 34.0. The maximum Gasteiger partial charge on any atom is 0.481 e. The molecule has 2 unspecified atom stereocenters. The number of nitrogens with one attached hydrogen (secondary N) is 2. The van der Waals surface area contributed by atoms with Gasteiger partial charge < -0.3 is 66.2 Å². The summed E-state index contributed by atoms with van der Waals surface area (Å²) in [6, 6.07) is 0. The number of fused-ring (bicyclic) bond motifs is 3. The molecule has 1 fully saturated rings. The second-order valence-corrected chi connectivity index (χ2v) is 13.6. The Morgan fingerprint density at radius 1 is 1.00 bits per heavy atom. The summed E-state index contributed by atoms with van der Waals surface area (Å²) in [6.45, 7) is -1.86. The third-order valence-electron chi connectivity index (χ3n) is 6.58. The number of nitrogen functional groups attached to an aromatic ring is 2. The summed E-state index contributed by atoms with van der Waals surface area (Å²) in [7, 11) is -10.8. The van der Waals surface area contributed by atoms with Gasteiger partial charge in [-0.3, -0.25) is 33.2 Å². The molecule has 0 spiro atoms. The molecule has 0 saturated carbocycles. The molecule has 10 N–H and O–H groups in total. The van der Waals surface area contributed by atoms with Crippen molar-refractivity contribution in [3.8, 4) is 0 Å². The van der Waals surface area contributed by atoms with Gasteiger partial charge in [0.05, 0.1) is 18.6 Å². The van der Waals surface area contributed by atoms with E-state index in [2.05, 4.69) is 39.2 Å². The number of ether oxygens (including phenoxy) is 2. The molecule has 1 saturated heterocycles. The van der Waals surface area contributed by atoms with Crippen molar-refractivity contribution in [3.63, 3.8) is 0 Å². The van der Waals surface area contributed by atoms with Crippen molar-refractivity contribution in [1.82, 2.24) is 29.5 Å². The predicted molar refractivity (Wildman–Crippen MR) is 156 cm³/mol. The van der Waals surface area contributed by atoms with Crippen LogP contribution < -0.4 is 33.4 Å². The van der Waals surface area contributed by atoms with Gasteiger partial charge in [-0.05, 0) is 0 Å². The van der Waals surface area contributed by atoms with Gasteiger partial charge in [0, 0.05) is 0 Å². The van der Waals surface area contributed by atoms with Crippen LogP contribution in [0.25, 0.3) is 11.2 Å². The second kappa shape index (κ2) is 12.1. The second-order valence-electron chi connectivity index (χ2n) is 9.71. The number of aromatic amines is 2. The Labute approximate surface area is 269 Å². The van der Waals surface area contributed by atoms with Crippen LogP contribution in [-0.2, 0) is 57.2 Å². The quantitative estimate of drug-likeness (QED) is 0.0768. The zero-order valence-electron chi connectivity index (χ0n) is 22.9. The Morgan fingerprint density at radius 3 is 2.43 bits per heavy atom. The first-order chi connectivity index (χ1) is 22.0. The fourth-order valence-electron chi connectivity index (χ4n) is 4.50. The third-order valence-corrected chi connectivity index (χ3v) is 10.1. The minimum atomic E-state index is -5.41. The molecule has 23 nitrogen and oxygen atoms in total. The average Bonchev–Trinajstić information content (AvgIpc) is 3.52. The lowest BCUT2D eigenvalue weighted by molar-refractivity contribution is -0.0504. The van der Waals surface area contributed by atoms with Gasteiger partial charge in [0.25, 0.3) is 11.1 Å². The topological polar surface area (TPSA) is 347 Å². The standard InChI is InChI=1S/C20H22N10O13P2S2/c21-19-26-13-7(15(33)28-19)24-6-12(47)11(46)5(41-17(6)25-13)2-40-45(37,38)43-44(35,36)39-1-4-9(31)10(32)18(42-4)30-3-23-8-14(30)27-20(22)29-16(8)34/h3-4,9-10,17-18,31-32,46-47H,1-2H2,(H,35,36)(H,37,38)(H3,22,27,29,34)(H3,21,25,26,28,33)/p-2/t4-,9-,10-,17-,18-/m1/s1. The molecule has 0 aromatic carbocycles. The first kappa shape index (κ1) is 33.2. The average molecular weight is 735 g/mol. The summed E-state index contributed by atoms with van der Waals surface area (Å²) in [5.41, 5.74) is 9.28. The van der Waals surface area contributed by atoms with Crippen LogP contribution in [0.4, 0.5) is 11.9 Å². The van der Waals surface area contributed by atoms with Crippen LogP contribution in [0.5, 0.6) is 0 Å². The Balaban J connectivity index is 1.10. The number of aliphatic hydroxyl groups is 2. The van der Waals surface area contributed by atoms with E-state index in [-0.39, 0.29) is 55.2 Å². The van der Waals surface area contributed by atoms with E-state index >= 15 is 0 Å².